The Morgan fingerprint density at radius 3 is 1.08 bits per heavy atom. The first-order valence-electron chi connectivity index (χ1n) is 46.7. The number of hydrogen-bond acceptors (Lipinski definition) is 10. The smallest absolute Gasteiger partial charge is 0.0704 e. The summed E-state index contributed by atoms with van der Waals surface area (Å²) in [7, 11) is 0. The van der Waals surface area contributed by atoms with Gasteiger partial charge in [0.1, 0.15) is 0 Å². The molecule has 0 unspecified atom stereocenters. The van der Waals surface area contributed by atoms with Crippen molar-refractivity contribution >= 4 is 108 Å². The molecule has 0 atom stereocenters. The normalized spacial score (nSPS) is 9.15. The molecule has 0 saturated heterocycles. The van der Waals surface area contributed by atoms with Gasteiger partial charge in [0, 0.05) is 146 Å². The first kappa shape index (κ1) is 114. The lowest BCUT2D eigenvalue weighted by atomic mass is 10.1. The molecule has 20 aromatic rings. The molecule has 10 aromatic heterocycles. The largest absolute Gasteiger partial charge is 0.264 e. The Hall–Kier alpha value is -13.7. The Kier molecular flexibility index (Phi) is 61.9. The molecular formula is C120H150N10. The van der Waals surface area contributed by atoms with Gasteiger partial charge in [0.05, 0.1) is 27.6 Å². The summed E-state index contributed by atoms with van der Waals surface area (Å²) in [6, 6.07) is 95.0. The van der Waals surface area contributed by atoms with E-state index in [0.29, 0.717) is 0 Å². The molecule has 0 aliphatic heterocycles. The fourth-order valence-corrected chi connectivity index (χ4v) is 12.3. The summed E-state index contributed by atoms with van der Waals surface area (Å²) in [4.78, 5) is 41.7. The van der Waals surface area contributed by atoms with Crippen molar-refractivity contribution in [1.82, 2.24) is 49.8 Å². The van der Waals surface area contributed by atoms with Gasteiger partial charge in [-0.05, 0) is 227 Å². The van der Waals surface area contributed by atoms with E-state index in [4.69, 9.17) is 0 Å². The molecule has 0 aliphatic carbocycles. The van der Waals surface area contributed by atoms with Crippen LogP contribution in [0, 0.1) is 69.2 Å². The lowest BCUT2D eigenvalue weighted by Gasteiger charge is -1.98. The number of rotatable bonds is 0. The maximum atomic E-state index is 4.28. The van der Waals surface area contributed by atoms with Crippen LogP contribution in [0.2, 0.25) is 0 Å². The summed E-state index contributed by atoms with van der Waals surface area (Å²) in [5, 5.41) is 18.6. The van der Waals surface area contributed by atoms with Crippen LogP contribution < -0.4 is 0 Å². The maximum absolute atomic E-state index is 4.28. The van der Waals surface area contributed by atoms with Gasteiger partial charge in [-0.2, -0.15) is 0 Å². The SMILES string of the molecule is CC.CC.CC.CC.CC.CC.CC.CC.CC.CC.Cc1ccc2cccnc2c1.Cc1ccc2ccncc2c1.Cc1ccc2cnccc2c1.Cc1ccc2ncccc2c1.Cc1cccc2cnccc12.Cc1cccc2ncccc12.Cc1ccnc2ccccc12.Cc1cnc2ccccc2c1.Cc1cncc2ccccc12.Cc1nccc2ccccc12. The van der Waals surface area contributed by atoms with Crippen molar-refractivity contribution in [2.24, 2.45) is 0 Å². The van der Waals surface area contributed by atoms with E-state index in [1.165, 1.54) is 131 Å². The third-order valence-corrected chi connectivity index (χ3v) is 18.2. The molecule has 0 radical (unpaired) electrons. The number of para-hydroxylation sites is 2. The second-order valence-electron chi connectivity index (χ2n) is 26.8. The van der Waals surface area contributed by atoms with Gasteiger partial charge in [0.2, 0.25) is 0 Å². The van der Waals surface area contributed by atoms with Gasteiger partial charge >= 0.3 is 0 Å². The average molecular weight is 1730 g/mol. The number of benzene rings is 10. The second-order valence-corrected chi connectivity index (χ2v) is 26.8. The number of hydrogen-bond donors (Lipinski definition) is 0. The van der Waals surface area contributed by atoms with E-state index < -0.39 is 0 Å². The summed E-state index contributed by atoms with van der Waals surface area (Å²) < 4.78 is 0. The van der Waals surface area contributed by atoms with E-state index in [0.717, 1.165) is 33.3 Å². The Morgan fingerprint density at radius 1 is 0.146 bits per heavy atom. The molecule has 10 heterocycles. The predicted octanol–water partition coefficient (Wildman–Crippen LogP) is 35.7. The molecule has 0 spiro atoms. The number of fused-ring (bicyclic) bond motifs is 10. The summed E-state index contributed by atoms with van der Waals surface area (Å²) in [6.45, 7) is 60.8. The topological polar surface area (TPSA) is 129 Å². The monoisotopic (exact) mass is 1730 g/mol. The fraction of sp³-hybridized carbons (Fsp3) is 0.250. The third-order valence-electron chi connectivity index (χ3n) is 18.2. The van der Waals surface area contributed by atoms with Gasteiger partial charge < -0.3 is 0 Å². The maximum Gasteiger partial charge on any atom is 0.0704 e. The average Bonchev–Trinajstić information content (AvgIpc) is 0.832. The van der Waals surface area contributed by atoms with Crippen LogP contribution in [0.1, 0.15) is 194 Å². The number of pyridine rings is 10. The van der Waals surface area contributed by atoms with Gasteiger partial charge in [0.25, 0.3) is 0 Å². The van der Waals surface area contributed by atoms with Crippen molar-refractivity contribution in [2.45, 2.75) is 208 Å². The van der Waals surface area contributed by atoms with Crippen molar-refractivity contribution < 1.29 is 0 Å². The van der Waals surface area contributed by atoms with Crippen LogP contribution in [-0.4, -0.2) is 49.8 Å². The van der Waals surface area contributed by atoms with Crippen LogP contribution in [0.25, 0.3) is 108 Å². The van der Waals surface area contributed by atoms with Gasteiger partial charge in [-0.25, -0.2) is 0 Å². The lowest BCUT2D eigenvalue weighted by molar-refractivity contribution is 1.24. The quantitative estimate of drug-likeness (QED) is 0.145. The molecule has 20 rings (SSSR count). The van der Waals surface area contributed by atoms with E-state index in [2.05, 4.69) is 270 Å². The van der Waals surface area contributed by atoms with Crippen molar-refractivity contribution in [3.63, 3.8) is 0 Å². The van der Waals surface area contributed by atoms with Gasteiger partial charge in [-0.15, -0.1) is 0 Å². The van der Waals surface area contributed by atoms with Crippen LogP contribution in [0.3, 0.4) is 0 Å². The highest BCUT2D eigenvalue weighted by Crippen LogP contribution is 2.22. The molecule has 0 N–H and O–H groups in total. The molecule has 0 amide bonds. The zero-order valence-corrected chi connectivity index (χ0v) is 84.1. The predicted molar refractivity (Wildman–Crippen MR) is 578 cm³/mol. The number of aryl methyl sites for hydroxylation is 10. The third kappa shape index (κ3) is 40.1. The highest BCUT2D eigenvalue weighted by molar-refractivity contribution is 5.88. The standard InChI is InChI=1S/10C10H9N.10C2H6/c1-8-4-2-6-10-9(8)5-3-7-11-10;1-8-2-3-10-7-11-5-4-9(10)6-8;1-8-2-3-9-4-5-11-7-10(9)6-8;1-8-4-5-10-9(7-8)3-2-6-11-10;1-8-4-5-9-3-2-6-11-10(9)7-8;1-8-3-2-4-9-7-11-6-5-10(8)9;1-8-6-11-7-9-4-2-3-5-10(8)9;1-8-6-9-4-2-3-5-10(9)11-7-8;1-8-10-5-3-2-4-9(10)6-7-11-8;1-8-6-7-11-10-5-3-2-4-9(8)10;10*1-2/h10*2-7H,1H3;10*1-2H3. The van der Waals surface area contributed by atoms with E-state index in [1.54, 1.807) is 0 Å². The van der Waals surface area contributed by atoms with Crippen LogP contribution in [0.15, 0.2) is 366 Å². The minimum Gasteiger partial charge on any atom is -0.264 e. The minimum atomic E-state index is 1.07. The highest BCUT2D eigenvalue weighted by atomic mass is 14.7. The summed E-state index contributed by atoms with van der Waals surface area (Å²) in [5.41, 5.74) is 17.9. The van der Waals surface area contributed by atoms with E-state index in [1.807, 2.05) is 353 Å². The zero-order valence-electron chi connectivity index (χ0n) is 84.1. The molecule has 0 aliphatic rings. The molecule has 130 heavy (non-hydrogen) atoms. The molecule has 10 nitrogen and oxygen atoms in total. The van der Waals surface area contributed by atoms with Crippen molar-refractivity contribution in [2.75, 3.05) is 0 Å². The Balaban J connectivity index is 0.000000706. The number of aromatic nitrogens is 10. The second kappa shape index (κ2) is 70.4. The number of nitrogens with zero attached hydrogens (tertiary/aromatic N) is 10. The Morgan fingerprint density at radius 2 is 0.492 bits per heavy atom. The summed E-state index contributed by atoms with van der Waals surface area (Å²) in [5.74, 6) is 0. The molecule has 0 saturated carbocycles. The molecular weight excluding hydrogens is 1580 g/mol. The van der Waals surface area contributed by atoms with Crippen LogP contribution in [0.4, 0.5) is 0 Å². The fourth-order valence-electron chi connectivity index (χ4n) is 12.3. The van der Waals surface area contributed by atoms with Crippen LogP contribution in [-0.2, 0) is 0 Å². The van der Waals surface area contributed by atoms with Crippen molar-refractivity contribution in [3.05, 3.63) is 422 Å². The molecule has 0 fully saturated rings. The van der Waals surface area contributed by atoms with Crippen molar-refractivity contribution in [3.8, 4) is 0 Å². The summed E-state index contributed by atoms with van der Waals surface area (Å²) >= 11 is 0. The highest BCUT2D eigenvalue weighted by Gasteiger charge is 2.01. The molecule has 0 bridgehead atoms. The molecule has 10 aromatic carbocycles. The summed E-state index contributed by atoms with van der Waals surface area (Å²) in [6.07, 6.45) is 26.0. The van der Waals surface area contributed by atoms with Crippen molar-refractivity contribution in [1.29, 1.82) is 0 Å². The van der Waals surface area contributed by atoms with Crippen LogP contribution in [0.5, 0.6) is 0 Å². The van der Waals surface area contributed by atoms with E-state index in [9.17, 15) is 0 Å². The van der Waals surface area contributed by atoms with E-state index >= 15 is 0 Å². The van der Waals surface area contributed by atoms with Gasteiger partial charge in [-0.3, -0.25) is 49.8 Å². The lowest BCUT2D eigenvalue weighted by Crippen LogP contribution is -1.80. The van der Waals surface area contributed by atoms with Gasteiger partial charge in [-0.1, -0.05) is 337 Å². The first-order chi connectivity index (χ1) is 63.7. The van der Waals surface area contributed by atoms with E-state index in [-0.39, 0.29) is 0 Å². The van der Waals surface area contributed by atoms with Crippen LogP contribution >= 0.6 is 0 Å². The first-order valence-corrected chi connectivity index (χ1v) is 46.7. The Labute approximate surface area is 782 Å². The zero-order chi connectivity index (χ0) is 96.8. The van der Waals surface area contributed by atoms with Gasteiger partial charge in [0.15, 0.2) is 0 Å². The Bertz CT molecular complexity index is 5410. The minimum absolute atomic E-state index is 1.07. The molecule has 680 valence electrons. The molecule has 10 heteroatoms.